The van der Waals surface area contributed by atoms with Gasteiger partial charge in [0.2, 0.25) is 11.9 Å². The largest absolute Gasteiger partial charge is 0.481 e. The van der Waals surface area contributed by atoms with Gasteiger partial charge in [-0.2, -0.15) is 23.1 Å². The molecule has 0 spiro atoms. The molecule has 0 aliphatic heterocycles. The monoisotopic (exact) mass is 206 g/mol. The van der Waals surface area contributed by atoms with Crippen molar-refractivity contribution in [2.45, 2.75) is 12.8 Å². The van der Waals surface area contributed by atoms with Crippen molar-refractivity contribution in [3.05, 3.63) is 23.5 Å². The van der Waals surface area contributed by atoms with Crippen molar-refractivity contribution in [3.63, 3.8) is 0 Å². The molecule has 0 saturated carbocycles. The standard InChI is InChI=1S/C7H5F3N2O2/c8-5-3(1-2-4(13)14)6(9)12-7(10)11-5/h1-2H2,(H,13,14). The lowest BCUT2D eigenvalue weighted by Gasteiger charge is -2.00. The van der Waals surface area contributed by atoms with Gasteiger partial charge in [0.1, 0.15) is 0 Å². The first kappa shape index (κ1) is 10.4. The molecule has 4 nitrogen and oxygen atoms in total. The summed E-state index contributed by atoms with van der Waals surface area (Å²) in [6.45, 7) is 0. The Morgan fingerprint density at radius 3 is 2.14 bits per heavy atom. The summed E-state index contributed by atoms with van der Waals surface area (Å²) in [5.41, 5.74) is -0.617. The lowest BCUT2D eigenvalue weighted by molar-refractivity contribution is -0.136. The first-order valence-electron chi connectivity index (χ1n) is 3.60. The molecule has 1 heterocycles. The number of rotatable bonds is 3. The molecule has 0 fully saturated rings. The molecule has 0 aliphatic rings. The van der Waals surface area contributed by atoms with Crippen LogP contribution >= 0.6 is 0 Å². The Morgan fingerprint density at radius 1 is 1.21 bits per heavy atom. The maximum absolute atomic E-state index is 12.7. The van der Waals surface area contributed by atoms with Gasteiger partial charge in [-0.15, -0.1) is 0 Å². The van der Waals surface area contributed by atoms with E-state index in [0.717, 1.165) is 0 Å². The van der Waals surface area contributed by atoms with E-state index in [1.165, 1.54) is 0 Å². The van der Waals surface area contributed by atoms with Crippen molar-refractivity contribution >= 4 is 5.97 Å². The molecule has 0 radical (unpaired) electrons. The lowest BCUT2D eigenvalue weighted by Crippen LogP contribution is -2.07. The maximum Gasteiger partial charge on any atom is 0.313 e. The minimum absolute atomic E-state index is 0.409. The van der Waals surface area contributed by atoms with Crippen molar-refractivity contribution in [2.24, 2.45) is 0 Å². The van der Waals surface area contributed by atoms with E-state index in [0.29, 0.717) is 0 Å². The van der Waals surface area contributed by atoms with Gasteiger partial charge in [-0.05, 0) is 6.42 Å². The fourth-order valence-electron chi connectivity index (χ4n) is 0.845. The second-order valence-corrected chi connectivity index (χ2v) is 2.45. The third-order valence-corrected chi connectivity index (χ3v) is 1.47. The molecular weight excluding hydrogens is 201 g/mol. The van der Waals surface area contributed by atoms with Crippen LogP contribution in [0.15, 0.2) is 0 Å². The van der Waals surface area contributed by atoms with Crippen LogP contribution in [0.5, 0.6) is 0 Å². The average molecular weight is 206 g/mol. The lowest BCUT2D eigenvalue weighted by atomic mass is 10.2. The van der Waals surface area contributed by atoms with Gasteiger partial charge < -0.3 is 5.11 Å². The Kier molecular flexibility index (Phi) is 3.00. The van der Waals surface area contributed by atoms with Crippen LogP contribution in [-0.4, -0.2) is 21.0 Å². The van der Waals surface area contributed by atoms with E-state index in [-0.39, 0.29) is 0 Å². The van der Waals surface area contributed by atoms with Gasteiger partial charge in [0.15, 0.2) is 0 Å². The molecule has 1 rings (SSSR count). The summed E-state index contributed by atoms with van der Waals surface area (Å²) in [6, 6.07) is 0. The first-order chi connectivity index (χ1) is 6.50. The predicted molar refractivity (Wildman–Crippen MR) is 37.9 cm³/mol. The third kappa shape index (κ3) is 2.41. The summed E-state index contributed by atoms with van der Waals surface area (Å²) in [4.78, 5) is 15.4. The molecule has 0 aliphatic carbocycles. The number of hydrogen-bond donors (Lipinski definition) is 1. The first-order valence-corrected chi connectivity index (χ1v) is 3.60. The number of nitrogens with zero attached hydrogens (tertiary/aromatic N) is 2. The van der Waals surface area contributed by atoms with Crippen molar-refractivity contribution in [1.29, 1.82) is 0 Å². The van der Waals surface area contributed by atoms with Gasteiger partial charge in [-0.1, -0.05) is 0 Å². The molecule has 1 aromatic rings. The van der Waals surface area contributed by atoms with E-state index >= 15 is 0 Å². The van der Waals surface area contributed by atoms with Crippen LogP contribution in [0.2, 0.25) is 0 Å². The Hall–Kier alpha value is -1.66. The Labute approximate surface area is 76.4 Å². The van der Waals surface area contributed by atoms with E-state index in [2.05, 4.69) is 9.97 Å². The highest BCUT2D eigenvalue weighted by molar-refractivity contribution is 5.67. The minimum Gasteiger partial charge on any atom is -0.481 e. The van der Waals surface area contributed by atoms with E-state index in [4.69, 9.17) is 5.11 Å². The Morgan fingerprint density at radius 2 is 1.71 bits per heavy atom. The zero-order valence-electron chi connectivity index (χ0n) is 6.80. The number of aliphatic carboxylic acids is 1. The quantitative estimate of drug-likeness (QED) is 0.589. The number of halogens is 3. The zero-order valence-corrected chi connectivity index (χ0v) is 6.80. The highest BCUT2D eigenvalue weighted by Gasteiger charge is 2.15. The van der Waals surface area contributed by atoms with Gasteiger partial charge in [-0.3, -0.25) is 4.79 Å². The van der Waals surface area contributed by atoms with Crippen LogP contribution in [0.1, 0.15) is 12.0 Å². The van der Waals surface area contributed by atoms with Crippen LogP contribution in [0.3, 0.4) is 0 Å². The van der Waals surface area contributed by atoms with Crippen LogP contribution in [0.4, 0.5) is 13.2 Å². The molecule has 0 saturated heterocycles. The van der Waals surface area contributed by atoms with Crippen molar-refractivity contribution in [2.75, 3.05) is 0 Å². The summed E-state index contributed by atoms with van der Waals surface area (Å²) in [7, 11) is 0. The maximum atomic E-state index is 12.7. The molecule has 1 N–H and O–H groups in total. The molecule has 1 aromatic heterocycles. The highest BCUT2D eigenvalue weighted by Crippen LogP contribution is 2.10. The topological polar surface area (TPSA) is 63.1 Å². The molecule has 0 amide bonds. The number of carboxylic acids is 1. The summed E-state index contributed by atoms with van der Waals surface area (Å²) in [6.07, 6.45) is -2.39. The normalized spacial score (nSPS) is 10.2. The van der Waals surface area contributed by atoms with Crippen molar-refractivity contribution in [1.82, 2.24) is 9.97 Å². The van der Waals surface area contributed by atoms with Crippen molar-refractivity contribution in [3.8, 4) is 0 Å². The molecule has 0 bridgehead atoms. The Bertz CT molecular complexity index is 347. The number of carbonyl (C=O) groups is 1. The predicted octanol–water partition coefficient (Wildman–Crippen LogP) is 0.911. The van der Waals surface area contributed by atoms with Gasteiger partial charge >= 0.3 is 12.0 Å². The molecule has 0 atom stereocenters. The van der Waals surface area contributed by atoms with E-state index < -0.39 is 42.3 Å². The highest BCUT2D eigenvalue weighted by atomic mass is 19.2. The van der Waals surface area contributed by atoms with Crippen LogP contribution in [0.25, 0.3) is 0 Å². The van der Waals surface area contributed by atoms with Crippen molar-refractivity contribution < 1.29 is 23.1 Å². The second kappa shape index (κ2) is 4.03. The van der Waals surface area contributed by atoms with E-state index in [1.54, 1.807) is 0 Å². The van der Waals surface area contributed by atoms with Crippen LogP contribution in [0, 0.1) is 18.0 Å². The summed E-state index contributed by atoms with van der Waals surface area (Å²) >= 11 is 0. The fourth-order valence-corrected chi connectivity index (χ4v) is 0.845. The molecule has 0 unspecified atom stereocenters. The van der Waals surface area contributed by atoms with Gasteiger partial charge in [0, 0.05) is 6.42 Å². The second-order valence-electron chi connectivity index (χ2n) is 2.45. The molecule has 14 heavy (non-hydrogen) atoms. The van der Waals surface area contributed by atoms with E-state index in [9.17, 15) is 18.0 Å². The average Bonchev–Trinajstić information content (AvgIpc) is 2.01. The summed E-state index contributed by atoms with van der Waals surface area (Å²) in [5, 5.41) is 8.25. The van der Waals surface area contributed by atoms with E-state index in [1.807, 2.05) is 0 Å². The number of hydrogen-bond acceptors (Lipinski definition) is 3. The molecular formula is C7H5F3N2O2. The Balaban J connectivity index is 2.91. The molecule has 0 aromatic carbocycles. The fraction of sp³-hybridized carbons (Fsp3) is 0.286. The summed E-state index contributed by atoms with van der Waals surface area (Å²) in [5.74, 6) is -3.94. The minimum atomic E-state index is -1.51. The summed E-state index contributed by atoms with van der Waals surface area (Å²) < 4.78 is 37.7. The number of aromatic nitrogens is 2. The van der Waals surface area contributed by atoms with Gasteiger partial charge in [0.05, 0.1) is 5.56 Å². The SMILES string of the molecule is O=C(O)CCc1c(F)nc(F)nc1F. The number of carboxylic acid groups (broad SMARTS) is 1. The molecule has 7 heteroatoms. The van der Waals surface area contributed by atoms with Gasteiger partial charge in [0.25, 0.3) is 0 Å². The van der Waals surface area contributed by atoms with Gasteiger partial charge in [-0.25, -0.2) is 0 Å². The molecule has 76 valence electrons. The third-order valence-electron chi connectivity index (χ3n) is 1.47. The zero-order chi connectivity index (χ0) is 10.7. The smallest absolute Gasteiger partial charge is 0.313 e. The van der Waals surface area contributed by atoms with Crippen LogP contribution in [-0.2, 0) is 11.2 Å². The van der Waals surface area contributed by atoms with Crippen LogP contribution < -0.4 is 0 Å².